The van der Waals surface area contributed by atoms with E-state index in [2.05, 4.69) is 5.10 Å². The zero-order valence-electron chi connectivity index (χ0n) is 11.7. The molecule has 2 heterocycles. The lowest BCUT2D eigenvalue weighted by molar-refractivity contribution is 0.122. The molecule has 23 heavy (non-hydrogen) atoms. The highest BCUT2D eigenvalue weighted by Crippen LogP contribution is 2.45. The Morgan fingerprint density at radius 3 is 2.61 bits per heavy atom. The second-order valence-electron chi connectivity index (χ2n) is 4.86. The first-order valence-electron chi connectivity index (χ1n) is 6.62. The predicted octanol–water partition coefficient (Wildman–Crippen LogP) is 3.44. The molecule has 1 aromatic carbocycles. The highest BCUT2D eigenvalue weighted by Gasteiger charge is 2.32. The number of nitrogens with zero attached hydrogens (tertiary/aromatic N) is 3. The molecule has 3 rings (SSSR count). The summed E-state index contributed by atoms with van der Waals surface area (Å²) in [5.74, 6) is -1.40. The van der Waals surface area contributed by atoms with E-state index in [-0.39, 0.29) is 5.56 Å². The molecule has 0 radical (unpaired) electrons. The Kier molecular flexibility index (Phi) is 4.20. The SMILES string of the molecule is NC1=CN(c2cnn(CC(F)F)c2)C(c2c(F)cccc2F)S1. The number of alkyl halides is 2. The lowest BCUT2D eigenvalue weighted by Crippen LogP contribution is -2.19. The Morgan fingerprint density at radius 1 is 1.26 bits per heavy atom. The predicted molar refractivity (Wildman–Crippen MR) is 79.7 cm³/mol. The molecule has 4 nitrogen and oxygen atoms in total. The van der Waals surface area contributed by atoms with Crippen molar-refractivity contribution in [1.29, 1.82) is 0 Å². The molecule has 1 atom stereocenters. The number of halogens is 4. The van der Waals surface area contributed by atoms with Gasteiger partial charge in [0.15, 0.2) is 0 Å². The normalized spacial score (nSPS) is 17.9. The minimum absolute atomic E-state index is 0.143. The molecule has 9 heteroatoms. The maximum Gasteiger partial charge on any atom is 0.257 e. The van der Waals surface area contributed by atoms with Crippen LogP contribution in [0.4, 0.5) is 23.2 Å². The number of hydrogen-bond donors (Lipinski definition) is 1. The van der Waals surface area contributed by atoms with Gasteiger partial charge in [0.1, 0.15) is 23.6 Å². The van der Waals surface area contributed by atoms with Crippen LogP contribution in [-0.4, -0.2) is 16.2 Å². The first-order chi connectivity index (χ1) is 11.0. The van der Waals surface area contributed by atoms with Gasteiger partial charge in [-0.2, -0.15) is 5.10 Å². The van der Waals surface area contributed by atoms with Gasteiger partial charge in [0.2, 0.25) is 0 Å². The van der Waals surface area contributed by atoms with E-state index in [1.807, 2.05) is 0 Å². The van der Waals surface area contributed by atoms with E-state index in [4.69, 9.17) is 5.73 Å². The average molecular weight is 344 g/mol. The molecule has 0 saturated carbocycles. The summed E-state index contributed by atoms with van der Waals surface area (Å²) in [4.78, 5) is 1.51. The van der Waals surface area contributed by atoms with Gasteiger partial charge in [0.05, 0.1) is 22.5 Å². The summed E-state index contributed by atoms with van der Waals surface area (Å²) in [7, 11) is 0. The largest absolute Gasteiger partial charge is 0.392 e. The van der Waals surface area contributed by atoms with E-state index in [0.717, 1.165) is 28.6 Å². The molecule has 0 spiro atoms. The van der Waals surface area contributed by atoms with Gasteiger partial charge in [-0.05, 0) is 12.1 Å². The minimum atomic E-state index is -2.55. The van der Waals surface area contributed by atoms with Crippen molar-refractivity contribution in [3.8, 4) is 0 Å². The van der Waals surface area contributed by atoms with Gasteiger partial charge in [-0.15, -0.1) is 0 Å². The van der Waals surface area contributed by atoms with Crippen LogP contribution in [0.15, 0.2) is 41.8 Å². The highest BCUT2D eigenvalue weighted by molar-refractivity contribution is 8.03. The van der Waals surface area contributed by atoms with E-state index in [0.29, 0.717) is 10.7 Å². The average Bonchev–Trinajstić information content (AvgIpc) is 3.05. The quantitative estimate of drug-likeness (QED) is 0.863. The van der Waals surface area contributed by atoms with Crippen molar-refractivity contribution >= 4 is 17.4 Å². The fourth-order valence-electron chi connectivity index (χ4n) is 2.30. The number of nitrogens with two attached hydrogens (primary N) is 1. The van der Waals surface area contributed by atoms with E-state index < -0.39 is 30.0 Å². The number of hydrogen-bond acceptors (Lipinski definition) is 4. The van der Waals surface area contributed by atoms with Crippen molar-refractivity contribution in [2.45, 2.75) is 18.3 Å². The van der Waals surface area contributed by atoms with Crippen molar-refractivity contribution < 1.29 is 17.6 Å². The van der Waals surface area contributed by atoms with Crippen molar-refractivity contribution in [3.63, 3.8) is 0 Å². The van der Waals surface area contributed by atoms with Crippen LogP contribution in [0.5, 0.6) is 0 Å². The molecule has 0 fully saturated rings. The number of aromatic nitrogens is 2. The lowest BCUT2D eigenvalue weighted by Gasteiger charge is -2.24. The van der Waals surface area contributed by atoms with Crippen LogP contribution in [-0.2, 0) is 6.54 Å². The number of rotatable bonds is 4. The minimum Gasteiger partial charge on any atom is -0.392 e. The van der Waals surface area contributed by atoms with Crippen LogP contribution >= 0.6 is 11.8 Å². The van der Waals surface area contributed by atoms with E-state index >= 15 is 0 Å². The third-order valence-corrected chi connectivity index (χ3v) is 4.32. The van der Waals surface area contributed by atoms with E-state index in [1.165, 1.54) is 29.6 Å². The molecule has 2 N–H and O–H groups in total. The van der Waals surface area contributed by atoms with Crippen LogP contribution in [0.1, 0.15) is 10.9 Å². The van der Waals surface area contributed by atoms with Gasteiger partial charge in [-0.1, -0.05) is 17.8 Å². The van der Waals surface area contributed by atoms with Gasteiger partial charge in [0, 0.05) is 12.4 Å². The lowest BCUT2D eigenvalue weighted by atomic mass is 10.2. The van der Waals surface area contributed by atoms with Crippen molar-refractivity contribution in [2.75, 3.05) is 4.90 Å². The number of thioether (sulfide) groups is 1. The molecule has 0 saturated heterocycles. The zero-order chi connectivity index (χ0) is 16.6. The first-order valence-corrected chi connectivity index (χ1v) is 7.50. The molecule has 1 aliphatic heterocycles. The Hall–Kier alpha value is -2.16. The van der Waals surface area contributed by atoms with Crippen LogP contribution in [0.3, 0.4) is 0 Å². The van der Waals surface area contributed by atoms with E-state index in [1.54, 1.807) is 0 Å². The Labute approximate surface area is 133 Å². The number of anilines is 1. The summed E-state index contributed by atoms with van der Waals surface area (Å²) >= 11 is 1.07. The maximum absolute atomic E-state index is 14.0. The molecule has 1 aromatic heterocycles. The maximum atomic E-state index is 14.0. The van der Waals surface area contributed by atoms with Crippen LogP contribution < -0.4 is 10.6 Å². The topological polar surface area (TPSA) is 47.1 Å². The molecular formula is C14H12F4N4S. The zero-order valence-corrected chi connectivity index (χ0v) is 12.5. The van der Waals surface area contributed by atoms with Gasteiger partial charge in [0.25, 0.3) is 6.43 Å². The molecule has 1 aliphatic rings. The van der Waals surface area contributed by atoms with Gasteiger partial charge >= 0.3 is 0 Å². The second-order valence-corrected chi connectivity index (χ2v) is 6.01. The number of benzene rings is 1. The van der Waals surface area contributed by atoms with Gasteiger partial charge in [-0.25, -0.2) is 17.6 Å². The molecular weight excluding hydrogens is 332 g/mol. The molecule has 2 aromatic rings. The smallest absolute Gasteiger partial charge is 0.257 e. The monoisotopic (exact) mass is 344 g/mol. The molecule has 0 aliphatic carbocycles. The van der Waals surface area contributed by atoms with Crippen molar-refractivity contribution in [2.24, 2.45) is 5.73 Å². The van der Waals surface area contributed by atoms with E-state index in [9.17, 15) is 17.6 Å². The Bertz CT molecular complexity index is 726. The highest BCUT2D eigenvalue weighted by atomic mass is 32.2. The third-order valence-electron chi connectivity index (χ3n) is 3.26. The fourth-order valence-corrected chi connectivity index (χ4v) is 3.37. The molecule has 1 unspecified atom stereocenters. The summed E-state index contributed by atoms with van der Waals surface area (Å²) in [6, 6.07) is 3.59. The summed E-state index contributed by atoms with van der Waals surface area (Å²) in [5.41, 5.74) is 6.05. The Balaban J connectivity index is 1.95. The van der Waals surface area contributed by atoms with Crippen molar-refractivity contribution in [1.82, 2.24) is 9.78 Å². The third kappa shape index (κ3) is 3.14. The van der Waals surface area contributed by atoms with Crippen LogP contribution in [0.2, 0.25) is 0 Å². The second kappa shape index (κ2) is 6.15. The first kappa shape index (κ1) is 15.7. The van der Waals surface area contributed by atoms with Crippen molar-refractivity contribution in [3.05, 3.63) is 59.0 Å². The standard InChI is InChI=1S/C14H12F4N4S/c15-9-2-1-3-10(16)13(9)14-22(7-12(19)23-14)8-4-20-21(5-8)6-11(17)18/h1-5,7,11,14H,6,19H2. The van der Waals surface area contributed by atoms with Gasteiger partial charge in [-0.3, -0.25) is 4.68 Å². The fraction of sp³-hybridized carbons (Fsp3) is 0.214. The van der Waals surface area contributed by atoms with Crippen LogP contribution in [0.25, 0.3) is 0 Å². The molecule has 0 amide bonds. The Morgan fingerprint density at radius 2 is 1.96 bits per heavy atom. The van der Waals surface area contributed by atoms with Gasteiger partial charge < -0.3 is 10.6 Å². The summed E-state index contributed by atoms with van der Waals surface area (Å²) < 4.78 is 53.9. The summed E-state index contributed by atoms with van der Waals surface area (Å²) in [5, 5.41) is 3.42. The molecule has 122 valence electrons. The summed E-state index contributed by atoms with van der Waals surface area (Å²) in [6.45, 7) is -0.557. The summed E-state index contributed by atoms with van der Waals surface area (Å²) in [6.07, 6.45) is 1.69. The molecule has 0 bridgehead atoms. The van der Waals surface area contributed by atoms with Crippen LogP contribution in [0, 0.1) is 11.6 Å².